The molecule has 3 aromatic carbocycles. The van der Waals surface area contributed by atoms with Crippen molar-refractivity contribution in [2.24, 2.45) is 0 Å². The van der Waals surface area contributed by atoms with Crippen LogP contribution in [0.2, 0.25) is 0 Å². The Bertz CT molecular complexity index is 1600. The Morgan fingerprint density at radius 2 is 1.24 bits per heavy atom. The number of rotatable bonds is 4. The summed E-state index contributed by atoms with van der Waals surface area (Å²) in [6.07, 6.45) is 0. The zero-order chi connectivity index (χ0) is 23.1. The Balaban J connectivity index is 1.91. The fourth-order valence-electron chi connectivity index (χ4n) is 4.29. The van der Waals surface area contributed by atoms with Gasteiger partial charge in [0, 0.05) is 5.56 Å². The summed E-state index contributed by atoms with van der Waals surface area (Å²) in [6.45, 7) is 0. The van der Waals surface area contributed by atoms with Gasteiger partial charge in [-0.15, -0.1) is 0 Å². The number of hydrogen-bond acceptors (Lipinski definition) is 5. The Kier molecular flexibility index (Phi) is 4.90. The molecule has 0 fully saturated rings. The van der Waals surface area contributed by atoms with Gasteiger partial charge in [0.1, 0.15) is 16.8 Å². The van der Waals surface area contributed by atoms with Gasteiger partial charge >= 0.3 is 11.9 Å². The first-order valence-corrected chi connectivity index (χ1v) is 10.3. The predicted molar refractivity (Wildman–Crippen MR) is 125 cm³/mol. The first kappa shape index (κ1) is 20.5. The molecule has 0 saturated heterocycles. The van der Waals surface area contributed by atoms with Gasteiger partial charge in [0.15, 0.2) is 0 Å². The summed E-state index contributed by atoms with van der Waals surface area (Å²) in [5.41, 5.74) is 1.41. The van der Waals surface area contributed by atoms with Crippen molar-refractivity contribution in [3.05, 3.63) is 101 Å². The third kappa shape index (κ3) is 3.15. The largest absolute Gasteiger partial charge is 0.465 e. The van der Waals surface area contributed by atoms with Crippen molar-refractivity contribution in [1.82, 2.24) is 4.40 Å². The second kappa shape index (κ2) is 7.91. The molecule has 0 bridgehead atoms. The number of hydrogen-bond donors (Lipinski definition) is 0. The Morgan fingerprint density at radius 1 is 0.636 bits per heavy atom. The molecular formula is C27H19NO5. The van der Waals surface area contributed by atoms with E-state index < -0.39 is 17.7 Å². The van der Waals surface area contributed by atoms with E-state index in [-0.39, 0.29) is 16.8 Å². The minimum absolute atomic E-state index is 0.000702. The number of fused-ring (bicyclic) bond motifs is 4. The molecule has 162 valence electrons. The zero-order valence-electron chi connectivity index (χ0n) is 18.0. The molecule has 2 aromatic heterocycles. The van der Waals surface area contributed by atoms with E-state index >= 15 is 0 Å². The van der Waals surface area contributed by atoms with E-state index in [0.717, 1.165) is 16.2 Å². The van der Waals surface area contributed by atoms with Crippen LogP contribution in [0.15, 0.2) is 78.9 Å². The van der Waals surface area contributed by atoms with Crippen LogP contribution in [0.4, 0.5) is 0 Å². The van der Waals surface area contributed by atoms with Gasteiger partial charge in [-0.05, 0) is 34.4 Å². The SMILES string of the molecule is COC(=O)c1c(C(=O)OC)c2ccc3ccccc3n2c1C(=O)c1ccc2ccccc2c1. The molecule has 0 aliphatic rings. The van der Waals surface area contributed by atoms with E-state index in [0.29, 0.717) is 16.6 Å². The summed E-state index contributed by atoms with van der Waals surface area (Å²) in [5.74, 6) is -1.91. The third-order valence-electron chi connectivity index (χ3n) is 5.81. The quantitative estimate of drug-likeness (QED) is 0.291. The molecule has 0 atom stereocenters. The minimum Gasteiger partial charge on any atom is -0.465 e. The van der Waals surface area contributed by atoms with E-state index in [2.05, 4.69) is 0 Å². The minimum atomic E-state index is -0.785. The monoisotopic (exact) mass is 437 g/mol. The van der Waals surface area contributed by atoms with E-state index in [1.54, 1.807) is 22.6 Å². The number of ketones is 1. The number of benzene rings is 3. The average Bonchev–Trinajstić information content (AvgIpc) is 3.22. The van der Waals surface area contributed by atoms with Gasteiger partial charge in [-0.1, -0.05) is 60.7 Å². The Labute approximate surface area is 189 Å². The standard InChI is InChI=1S/C27H19NO5/c1-32-26(30)22-21-14-13-17-8-5-6-10-20(17)28(21)24(23(22)27(31)33-2)25(29)19-12-11-16-7-3-4-9-18(16)15-19/h3-15H,1-2H3. The maximum absolute atomic E-state index is 13.9. The molecule has 0 N–H and O–H groups in total. The molecule has 0 aliphatic carbocycles. The van der Waals surface area contributed by atoms with Crippen LogP contribution in [0.1, 0.15) is 36.8 Å². The van der Waals surface area contributed by atoms with Crippen LogP contribution in [0.25, 0.3) is 27.2 Å². The number of aromatic nitrogens is 1. The molecule has 0 amide bonds. The maximum Gasteiger partial charge on any atom is 0.341 e. The highest BCUT2D eigenvalue weighted by Crippen LogP contribution is 2.32. The second-order valence-corrected chi connectivity index (χ2v) is 7.59. The number of carbonyl (C=O) groups is 3. The van der Waals surface area contributed by atoms with Crippen molar-refractivity contribution in [1.29, 1.82) is 0 Å². The van der Waals surface area contributed by atoms with E-state index in [1.807, 2.05) is 60.7 Å². The second-order valence-electron chi connectivity index (χ2n) is 7.59. The van der Waals surface area contributed by atoms with Gasteiger partial charge in [0.05, 0.1) is 25.3 Å². The summed E-state index contributed by atoms with van der Waals surface area (Å²) < 4.78 is 11.6. The number of esters is 2. The number of carbonyl (C=O) groups excluding carboxylic acids is 3. The van der Waals surface area contributed by atoms with Crippen LogP contribution >= 0.6 is 0 Å². The normalized spacial score (nSPS) is 11.1. The highest BCUT2D eigenvalue weighted by Gasteiger charge is 2.33. The van der Waals surface area contributed by atoms with Crippen LogP contribution in [0.3, 0.4) is 0 Å². The van der Waals surface area contributed by atoms with Gasteiger partial charge in [0.25, 0.3) is 0 Å². The molecule has 2 heterocycles. The molecule has 0 saturated carbocycles. The number of pyridine rings is 1. The molecule has 0 radical (unpaired) electrons. The summed E-state index contributed by atoms with van der Waals surface area (Å²) in [5, 5.41) is 2.73. The number of para-hydroxylation sites is 1. The third-order valence-corrected chi connectivity index (χ3v) is 5.81. The lowest BCUT2D eigenvalue weighted by molar-refractivity contribution is 0.0556. The molecular weight excluding hydrogens is 418 g/mol. The van der Waals surface area contributed by atoms with Gasteiger partial charge in [0.2, 0.25) is 5.78 Å². The van der Waals surface area contributed by atoms with E-state index in [9.17, 15) is 14.4 Å². The van der Waals surface area contributed by atoms with Gasteiger partial charge in [-0.25, -0.2) is 9.59 Å². The summed E-state index contributed by atoms with van der Waals surface area (Å²) in [6, 6.07) is 24.0. The first-order valence-electron chi connectivity index (χ1n) is 10.3. The maximum atomic E-state index is 13.9. The van der Waals surface area contributed by atoms with Gasteiger partial charge < -0.3 is 13.9 Å². The summed E-state index contributed by atoms with van der Waals surface area (Å²) in [4.78, 5) is 39.7. The molecule has 5 rings (SSSR count). The van der Waals surface area contributed by atoms with Crippen LogP contribution in [0, 0.1) is 0 Å². The summed E-state index contributed by atoms with van der Waals surface area (Å²) in [7, 11) is 2.45. The van der Waals surface area contributed by atoms with Gasteiger partial charge in [-0.2, -0.15) is 0 Å². The van der Waals surface area contributed by atoms with Crippen molar-refractivity contribution in [2.45, 2.75) is 0 Å². The highest BCUT2D eigenvalue weighted by molar-refractivity contribution is 6.21. The summed E-state index contributed by atoms with van der Waals surface area (Å²) >= 11 is 0. The van der Waals surface area contributed by atoms with Crippen LogP contribution in [-0.4, -0.2) is 36.3 Å². The van der Waals surface area contributed by atoms with Gasteiger partial charge in [-0.3, -0.25) is 4.79 Å². The van der Waals surface area contributed by atoms with Crippen molar-refractivity contribution in [3.63, 3.8) is 0 Å². The molecule has 6 heteroatoms. The van der Waals surface area contributed by atoms with Crippen molar-refractivity contribution in [3.8, 4) is 0 Å². The topological polar surface area (TPSA) is 74.1 Å². The Morgan fingerprint density at radius 3 is 1.97 bits per heavy atom. The van der Waals surface area contributed by atoms with E-state index in [4.69, 9.17) is 9.47 Å². The Hall–Kier alpha value is -4.45. The van der Waals surface area contributed by atoms with Crippen molar-refractivity contribution in [2.75, 3.05) is 14.2 Å². The number of methoxy groups -OCH3 is 2. The predicted octanol–water partition coefficient (Wildman–Crippen LogP) is 5.05. The average molecular weight is 437 g/mol. The zero-order valence-corrected chi connectivity index (χ0v) is 18.0. The molecule has 6 nitrogen and oxygen atoms in total. The van der Waals surface area contributed by atoms with Crippen LogP contribution in [0.5, 0.6) is 0 Å². The number of ether oxygens (including phenoxy) is 2. The molecule has 0 aliphatic heterocycles. The lowest BCUT2D eigenvalue weighted by Gasteiger charge is -2.09. The molecule has 33 heavy (non-hydrogen) atoms. The van der Waals surface area contributed by atoms with Crippen LogP contribution in [-0.2, 0) is 9.47 Å². The van der Waals surface area contributed by atoms with Crippen LogP contribution < -0.4 is 0 Å². The smallest absolute Gasteiger partial charge is 0.341 e. The highest BCUT2D eigenvalue weighted by atomic mass is 16.5. The molecule has 0 unspecified atom stereocenters. The van der Waals surface area contributed by atoms with Crippen molar-refractivity contribution >= 4 is 44.9 Å². The first-order chi connectivity index (χ1) is 16.0. The fraction of sp³-hybridized carbons (Fsp3) is 0.0741. The lowest BCUT2D eigenvalue weighted by Crippen LogP contribution is -2.15. The van der Waals surface area contributed by atoms with Crippen molar-refractivity contribution < 1.29 is 23.9 Å². The van der Waals surface area contributed by atoms with E-state index in [1.165, 1.54) is 14.2 Å². The molecule has 0 spiro atoms. The fourth-order valence-corrected chi connectivity index (χ4v) is 4.29. The lowest BCUT2D eigenvalue weighted by atomic mass is 10.00. The number of nitrogens with zero attached hydrogens (tertiary/aromatic N) is 1. The molecule has 5 aromatic rings.